The fraction of sp³-hybridized carbons (Fsp3) is 0.0625. The van der Waals surface area contributed by atoms with E-state index < -0.39 is 17.9 Å². The predicted molar refractivity (Wildman–Crippen MR) is 92.6 cm³/mol. The van der Waals surface area contributed by atoms with Crippen LogP contribution in [0.1, 0.15) is 17.3 Å². The van der Waals surface area contributed by atoms with Crippen LogP contribution in [0.3, 0.4) is 0 Å². The number of thiocarbonyl (C=S) groups is 1. The number of aromatic amines is 1. The number of H-pyrrole nitrogens is 1. The van der Waals surface area contributed by atoms with Gasteiger partial charge in [0.2, 0.25) is 0 Å². The molecule has 0 aliphatic carbocycles. The van der Waals surface area contributed by atoms with Gasteiger partial charge in [-0.1, -0.05) is 54.3 Å². The first kappa shape index (κ1) is 15.5. The van der Waals surface area contributed by atoms with Crippen molar-refractivity contribution in [2.24, 2.45) is 0 Å². The van der Waals surface area contributed by atoms with Gasteiger partial charge in [0, 0.05) is 11.9 Å². The van der Waals surface area contributed by atoms with Gasteiger partial charge in [-0.05, 0) is 23.8 Å². The normalized spacial score (nSPS) is 17.7. The Kier molecular flexibility index (Phi) is 4.31. The largest absolute Gasteiger partial charge is 0.479 e. The van der Waals surface area contributed by atoms with E-state index in [0.717, 1.165) is 22.4 Å². The van der Waals surface area contributed by atoms with Gasteiger partial charge in [0.1, 0.15) is 4.32 Å². The fourth-order valence-corrected chi connectivity index (χ4v) is 3.62. The van der Waals surface area contributed by atoms with Crippen LogP contribution in [0.2, 0.25) is 0 Å². The Morgan fingerprint density at radius 1 is 1.26 bits per heavy atom. The number of rotatable bonds is 4. The van der Waals surface area contributed by atoms with Gasteiger partial charge in [-0.3, -0.25) is 9.69 Å². The van der Waals surface area contributed by atoms with Crippen LogP contribution >= 0.6 is 24.0 Å². The average Bonchev–Trinajstić information content (AvgIpc) is 3.12. The minimum absolute atomic E-state index is 0.240. The van der Waals surface area contributed by atoms with Crippen molar-refractivity contribution in [1.82, 2.24) is 9.88 Å². The molecule has 0 saturated carbocycles. The summed E-state index contributed by atoms with van der Waals surface area (Å²) in [5, 5.41) is 9.58. The summed E-state index contributed by atoms with van der Waals surface area (Å²) in [6.45, 7) is 0. The minimum atomic E-state index is -1.13. The topological polar surface area (TPSA) is 73.4 Å². The van der Waals surface area contributed by atoms with E-state index in [1.54, 1.807) is 42.6 Å². The SMILES string of the molecule is O=C(O)C(c1ccccc1)N1C(=O)/C(=C\c2ccc[nH]2)SC1=S. The molecule has 3 rings (SSSR count). The highest BCUT2D eigenvalue weighted by molar-refractivity contribution is 8.26. The average molecular weight is 344 g/mol. The van der Waals surface area contributed by atoms with Gasteiger partial charge in [-0.2, -0.15) is 0 Å². The molecule has 0 bridgehead atoms. The summed E-state index contributed by atoms with van der Waals surface area (Å²) in [6.07, 6.45) is 3.42. The van der Waals surface area contributed by atoms with Crippen LogP contribution in [0.15, 0.2) is 53.6 Å². The third-order valence-electron chi connectivity index (χ3n) is 3.34. The minimum Gasteiger partial charge on any atom is -0.479 e. The Labute approximate surface area is 142 Å². The number of thioether (sulfide) groups is 1. The van der Waals surface area contributed by atoms with Crippen molar-refractivity contribution in [2.75, 3.05) is 0 Å². The lowest BCUT2D eigenvalue weighted by Crippen LogP contribution is -2.37. The maximum Gasteiger partial charge on any atom is 0.331 e. The molecule has 1 atom stereocenters. The lowest BCUT2D eigenvalue weighted by molar-refractivity contribution is -0.145. The maximum atomic E-state index is 12.6. The van der Waals surface area contributed by atoms with Gasteiger partial charge in [0.05, 0.1) is 4.91 Å². The van der Waals surface area contributed by atoms with Crippen LogP contribution < -0.4 is 0 Å². The Bertz CT molecular complexity index is 785. The van der Waals surface area contributed by atoms with Crippen LogP contribution in [-0.4, -0.2) is 31.2 Å². The second-order valence-electron chi connectivity index (χ2n) is 4.83. The van der Waals surface area contributed by atoms with Crippen molar-refractivity contribution in [2.45, 2.75) is 6.04 Å². The van der Waals surface area contributed by atoms with E-state index in [0.29, 0.717) is 10.5 Å². The number of carboxylic acids is 1. The second kappa shape index (κ2) is 6.39. The number of hydrogen-bond donors (Lipinski definition) is 2. The molecular weight excluding hydrogens is 332 g/mol. The fourth-order valence-electron chi connectivity index (χ4n) is 2.32. The molecule has 5 nitrogen and oxygen atoms in total. The Hall–Kier alpha value is -2.38. The summed E-state index contributed by atoms with van der Waals surface area (Å²) in [5.41, 5.74) is 1.27. The first-order valence-corrected chi connectivity index (χ1v) is 7.98. The molecule has 0 spiro atoms. The zero-order valence-electron chi connectivity index (χ0n) is 11.8. The molecule has 1 unspecified atom stereocenters. The quantitative estimate of drug-likeness (QED) is 0.659. The number of carbonyl (C=O) groups is 2. The van der Waals surface area contributed by atoms with Crippen molar-refractivity contribution in [3.8, 4) is 0 Å². The van der Waals surface area contributed by atoms with Crippen LogP contribution in [0.5, 0.6) is 0 Å². The molecule has 2 N–H and O–H groups in total. The van der Waals surface area contributed by atoms with Gasteiger partial charge >= 0.3 is 5.97 Å². The van der Waals surface area contributed by atoms with Crippen LogP contribution in [0, 0.1) is 0 Å². The Morgan fingerprint density at radius 3 is 2.61 bits per heavy atom. The summed E-state index contributed by atoms with van der Waals surface area (Å²) in [7, 11) is 0. The number of aliphatic carboxylic acids is 1. The van der Waals surface area contributed by atoms with Crippen molar-refractivity contribution < 1.29 is 14.7 Å². The highest BCUT2D eigenvalue weighted by atomic mass is 32.2. The molecule has 1 aliphatic rings. The molecule has 1 aromatic carbocycles. The van der Waals surface area contributed by atoms with Crippen LogP contribution in [0.25, 0.3) is 6.08 Å². The van der Waals surface area contributed by atoms with E-state index in [2.05, 4.69) is 4.98 Å². The number of aromatic nitrogens is 1. The van der Waals surface area contributed by atoms with Gasteiger partial charge in [0.25, 0.3) is 5.91 Å². The number of nitrogens with zero attached hydrogens (tertiary/aromatic N) is 1. The van der Waals surface area contributed by atoms with E-state index in [1.807, 2.05) is 12.1 Å². The molecule has 2 heterocycles. The zero-order valence-corrected chi connectivity index (χ0v) is 13.4. The number of carbonyl (C=O) groups excluding carboxylic acids is 1. The number of carboxylic acid groups (broad SMARTS) is 1. The van der Waals surface area contributed by atoms with Gasteiger partial charge < -0.3 is 10.1 Å². The van der Waals surface area contributed by atoms with Crippen LogP contribution in [-0.2, 0) is 9.59 Å². The summed E-state index contributed by atoms with van der Waals surface area (Å²) < 4.78 is 0.240. The monoisotopic (exact) mass is 344 g/mol. The summed E-state index contributed by atoms with van der Waals surface area (Å²) in [4.78, 5) is 28.9. The van der Waals surface area contributed by atoms with E-state index in [-0.39, 0.29) is 4.32 Å². The first-order chi connectivity index (χ1) is 11.1. The molecule has 7 heteroatoms. The number of hydrogen-bond acceptors (Lipinski definition) is 4. The van der Waals surface area contributed by atoms with Crippen molar-refractivity contribution >= 4 is 46.3 Å². The van der Waals surface area contributed by atoms with E-state index >= 15 is 0 Å². The van der Waals surface area contributed by atoms with E-state index in [1.165, 1.54) is 0 Å². The first-order valence-electron chi connectivity index (χ1n) is 6.76. The number of benzene rings is 1. The van der Waals surface area contributed by atoms with E-state index in [9.17, 15) is 14.7 Å². The van der Waals surface area contributed by atoms with Gasteiger partial charge in [-0.25, -0.2) is 4.79 Å². The standard InChI is InChI=1S/C16H12N2O3S2/c19-14-12(9-11-7-4-8-17-11)23-16(22)18(14)13(15(20)21)10-5-2-1-3-6-10/h1-9,13,17H,(H,20,21)/b12-9+. The van der Waals surface area contributed by atoms with Crippen molar-refractivity contribution in [1.29, 1.82) is 0 Å². The lowest BCUT2D eigenvalue weighted by atomic mass is 10.1. The number of nitrogens with one attached hydrogen (secondary N) is 1. The van der Waals surface area contributed by atoms with Crippen molar-refractivity contribution in [3.63, 3.8) is 0 Å². The molecule has 1 aromatic heterocycles. The molecular formula is C16H12N2O3S2. The smallest absolute Gasteiger partial charge is 0.331 e. The molecule has 1 fully saturated rings. The Balaban J connectivity index is 1.97. The van der Waals surface area contributed by atoms with Gasteiger partial charge in [0.15, 0.2) is 6.04 Å². The molecule has 1 saturated heterocycles. The maximum absolute atomic E-state index is 12.6. The van der Waals surface area contributed by atoms with E-state index in [4.69, 9.17) is 12.2 Å². The molecule has 1 aliphatic heterocycles. The molecule has 23 heavy (non-hydrogen) atoms. The molecule has 1 amide bonds. The number of amides is 1. The third-order valence-corrected chi connectivity index (χ3v) is 4.67. The molecule has 0 radical (unpaired) electrons. The highest BCUT2D eigenvalue weighted by Crippen LogP contribution is 2.38. The summed E-state index contributed by atoms with van der Waals surface area (Å²) in [5.74, 6) is -1.51. The predicted octanol–water partition coefficient (Wildman–Crippen LogP) is 3.04. The molecule has 116 valence electrons. The highest BCUT2D eigenvalue weighted by Gasteiger charge is 2.41. The second-order valence-corrected chi connectivity index (χ2v) is 6.50. The van der Waals surface area contributed by atoms with Crippen LogP contribution in [0.4, 0.5) is 0 Å². The molecule has 2 aromatic rings. The van der Waals surface area contributed by atoms with Gasteiger partial charge in [-0.15, -0.1) is 0 Å². The zero-order chi connectivity index (χ0) is 16.4. The lowest BCUT2D eigenvalue weighted by Gasteiger charge is -2.23. The van der Waals surface area contributed by atoms with Crippen molar-refractivity contribution in [3.05, 3.63) is 64.8 Å². The third kappa shape index (κ3) is 3.06. The Morgan fingerprint density at radius 2 is 2.00 bits per heavy atom. The summed E-state index contributed by atoms with van der Waals surface area (Å²) in [6, 6.07) is 11.1. The summed E-state index contributed by atoms with van der Waals surface area (Å²) >= 11 is 6.35.